The molecule has 10 heteroatoms. The summed E-state index contributed by atoms with van der Waals surface area (Å²) in [6.45, 7) is 2.30. The van der Waals surface area contributed by atoms with E-state index in [0.29, 0.717) is 40.0 Å². The normalized spacial score (nSPS) is 11.5. The first-order chi connectivity index (χ1) is 16.7. The molecule has 4 heterocycles. The van der Waals surface area contributed by atoms with Crippen LogP contribution >= 0.6 is 0 Å². The summed E-state index contributed by atoms with van der Waals surface area (Å²) in [6.07, 6.45) is 4.63. The van der Waals surface area contributed by atoms with Crippen LogP contribution in [0.15, 0.2) is 41.6 Å². The molecule has 0 bridgehead atoms. The van der Waals surface area contributed by atoms with Gasteiger partial charge in [-0.3, -0.25) is 4.79 Å². The third-order valence-corrected chi connectivity index (χ3v) is 6.18. The quantitative estimate of drug-likeness (QED) is 0.352. The third kappa shape index (κ3) is 3.37. The van der Waals surface area contributed by atoms with E-state index in [2.05, 4.69) is 20.3 Å². The molecule has 5 aromatic rings. The molecule has 0 unspecified atom stereocenters. The van der Waals surface area contributed by atoms with E-state index in [1.807, 2.05) is 25.9 Å². The molecular formula is C25H23FN6O3. The second-order valence-electron chi connectivity index (χ2n) is 8.45. The number of rotatable bonds is 5. The van der Waals surface area contributed by atoms with E-state index < -0.39 is 11.4 Å². The third-order valence-electron chi connectivity index (χ3n) is 6.18. The first-order valence-corrected chi connectivity index (χ1v) is 11.0. The summed E-state index contributed by atoms with van der Waals surface area (Å²) in [7, 11) is 5.47. The number of nitrogens with zero attached hydrogens (tertiary/aromatic N) is 4. The Hall–Kier alpha value is -4.47. The lowest BCUT2D eigenvalue weighted by Crippen LogP contribution is -2.19. The molecule has 0 fully saturated rings. The number of pyridine rings is 3. The van der Waals surface area contributed by atoms with E-state index in [0.717, 1.165) is 16.6 Å². The van der Waals surface area contributed by atoms with Crippen molar-refractivity contribution in [3.63, 3.8) is 0 Å². The molecule has 35 heavy (non-hydrogen) atoms. The Kier molecular flexibility index (Phi) is 5.16. The van der Waals surface area contributed by atoms with Crippen LogP contribution < -0.4 is 15.6 Å². The van der Waals surface area contributed by atoms with Gasteiger partial charge in [-0.2, -0.15) is 0 Å². The lowest BCUT2D eigenvalue weighted by Gasteiger charge is -2.19. The monoisotopic (exact) mass is 474 g/mol. The Labute approximate surface area is 198 Å². The van der Waals surface area contributed by atoms with Crippen molar-refractivity contribution >= 4 is 50.3 Å². The van der Waals surface area contributed by atoms with Crippen LogP contribution in [0.3, 0.4) is 0 Å². The number of H-pyrrole nitrogens is 1. The van der Waals surface area contributed by atoms with Gasteiger partial charge in [0.1, 0.15) is 22.7 Å². The number of aromatic nitrogens is 4. The molecule has 0 radical (unpaired) electrons. The summed E-state index contributed by atoms with van der Waals surface area (Å²) < 4.78 is 16.1. The topological polar surface area (TPSA) is 116 Å². The van der Waals surface area contributed by atoms with Crippen LogP contribution in [0.2, 0.25) is 0 Å². The van der Waals surface area contributed by atoms with Gasteiger partial charge in [0.15, 0.2) is 0 Å². The molecule has 0 amide bonds. The lowest BCUT2D eigenvalue weighted by atomic mass is 10.0. The predicted octanol–water partition coefficient (Wildman–Crippen LogP) is 4.06. The second-order valence-corrected chi connectivity index (χ2v) is 8.45. The summed E-state index contributed by atoms with van der Waals surface area (Å²) in [6, 6.07) is 4.53. The average molecular weight is 474 g/mol. The van der Waals surface area contributed by atoms with Crippen molar-refractivity contribution in [2.24, 2.45) is 0 Å². The maximum Gasteiger partial charge on any atom is 0.341 e. The number of aromatic carboxylic acids is 1. The van der Waals surface area contributed by atoms with Crippen LogP contribution in [0.5, 0.6) is 0 Å². The molecule has 3 N–H and O–H groups in total. The number of fused-ring (bicyclic) bond motifs is 4. The van der Waals surface area contributed by atoms with E-state index in [4.69, 9.17) is 0 Å². The Balaban J connectivity index is 1.87. The van der Waals surface area contributed by atoms with Crippen molar-refractivity contribution in [2.75, 3.05) is 31.4 Å². The molecule has 4 aromatic heterocycles. The summed E-state index contributed by atoms with van der Waals surface area (Å²) in [4.78, 5) is 38.9. The number of halogens is 1. The molecule has 0 saturated carbocycles. The lowest BCUT2D eigenvalue weighted by molar-refractivity contribution is 0.0695. The Morgan fingerprint density at radius 3 is 2.63 bits per heavy atom. The number of carboxylic acid groups (broad SMARTS) is 1. The van der Waals surface area contributed by atoms with E-state index in [1.54, 1.807) is 30.1 Å². The Morgan fingerprint density at radius 2 is 1.97 bits per heavy atom. The molecule has 0 saturated heterocycles. The number of carbonyl (C=O) groups is 1. The number of hydrogen-bond acceptors (Lipinski definition) is 6. The van der Waals surface area contributed by atoms with Gasteiger partial charge in [0.2, 0.25) is 5.43 Å². The molecule has 0 aliphatic carbocycles. The molecule has 0 aliphatic heterocycles. The van der Waals surface area contributed by atoms with Crippen molar-refractivity contribution in [3.05, 3.63) is 58.4 Å². The maximum absolute atomic E-state index is 14.5. The number of nitrogens with one attached hydrogen (secondary N) is 2. The van der Waals surface area contributed by atoms with E-state index in [-0.39, 0.29) is 16.8 Å². The van der Waals surface area contributed by atoms with Gasteiger partial charge in [0.25, 0.3) is 0 Å². The molecule has 5 rings (SSSR count). The van der Waals surface area contributed by atoms with Gasteiger partial charge >= 0.3 is 5.97 Å². The van der Waals surface area contributed by atoms with Gasteiger partial charge in [-0.05, 0) is 25.1 Å². The van der Waals surface area contributed by atoms with Gasteiger partial charge in [0, 0.05) is 62.8 Å². The highest BCUT2D eigenvalue weighted by Crippen LogP contribution is 2.41. The summed E-state index contributed by atoms with van der Waals surface area (Å²) in [5.74, 6) is -1.67. The molecular weight excluding hydrogens is 451 g/mol. The second kappa shape index (κ2) is 8.08. The fourth-order valence-corrected chi connectivity index (χ4v) is 4.60. The molecule has 0 aliphatic rings. The van der Waals surface area contributed by atoms with Gasteiger partial charge in [-0.25, -0.2) is 19.2 Å². The highest BCUT2D eigenvalue weighted by molar-refractivity contribution is 6.17. The minimum atomic E-state index is -1.29. The van der Waals surface area contributed by atoms with Crippen LogP contribution in [0.1, 0.15) is 17.3 Å². The average Bonchev–Trinajstić information content (AvgIpc) is 3.21. The van der Waals surface area contributed by atoms with Gasteiger partial charge in [-0.1, -0.05) is 0 Å². The fourth-order valence-electron chi connectivity index (χ4n) is 4.60. The number of aromatic amines is 1. The summed E-state index contributed by atoms with van der Waals surface area (Å²) in [5.41, 5.74) is 3.45. The summed E-state index contributed by atoms with van der Waals surface area (Å²) in [5, 5.41) is 14.1. The minimum absolute atomic E-state index is 0.205. The summed E-state index contributed by atoms with van der Waals surface area (Å²) >= 11 is 0. The smallest absolute Gasteiger partial charge is 0.341 e. The highest BCUT2D eigenvalue weighted by Gasteiger charge is 2.21. The van der Waals surface area contributed by atoms with Crippen molar-refractivity contribution in [3.8, 4) is 11.1 Å². The van der Waals surface area contributed by atoms with Crippen molar-refractivity contribution in [1.82, 2.24) is 19.5 Å². The SMILES string of the molecule is CCn1cc(C(=O)O)c(=O)c2cc(-c3cnc4[nH]c5c(NC)cc(F)cc5c4c3N(C)C)cnc21. The number of aryl methyl sites for hydroxylation is 1. The van der Waals surface area contributed by atoms with E-state index >= 15 is 0 Å². The fraction of sp³-hybridized carbons (Fsp3) is 0.200. The van der Waals surface area contributed by atoms with Crippen LogP contribution in [0.25, 0.3) is 44.1 Å². The number of benzene rings is 1. The first-order valence-electron chi connectivity index (χ1n) is 11.0. The van der Waals surface area contributed by atoms with Gasteiger partial charge < -0.3 is 24.9 Å². The van der Waals surface area contributed by atoms with E-state index in [1.165, 1.54) is 18.3 Å². The number of carboxylic acids is 1. The largest absolute Gasteiger partial charge is 0.477 e. The Bertz CT molecular complexity index is 1720. The highest BCUT2D eigenvalue weighted by atomic mass is 19.1. The zero-order valence-electron chi connectivity index (χ0n) is 19.6. The van der Waals surface area contributed by atoms with Gasteiger partial charge in [-0.15, -0.1) is 0 Å². The molecule has 0 spiro atoms. The maximum atomic E-state index is 14.5. The van der Waals surface area contributed by atoms with Crippen molar-refractivity contribution in [2.45, 2.75) is 13.5 Å². The first kappa shape index (κ1) is 22.3. The van der Waals surface area contributed by atoms with Crippen LogP contribution in [0, 0.1) is 5.82 Å². The molecule has 9 nitrogen and oxygen atoms in total. The standard InChI is InChI=1S/C25H23FN6O3/c1-5-32-11-17(25(34)35)22(33)15-6-12(9-29-24(15)32)16-10-28-23-19(21(16)31(3)4)14-7-13(26)8-18(27-2)20(14)30-23/h6-11,27H,5H2,1-4H3,(H,28,30)(H,34,35). The zero-order chi connectivity index (χ0) is 25.0. The van der Waals surface area contributed by atoms with Gasteiger partial charge in [0.05, 0.1) is 27.7 Å². The number of anilines is 2. The molecule has 0 atom stereocenters. The zero-order valence-corrected chi connectivity index (χ0v) is 19.6. The van der Waals surface area contributed by atoms with Crippen LogP contribution in [0.4, 0.5) is 15.8 Å². The predicted molar refractivity (Wildman–Crippen MR) is 135 cm³/mol. The van der Waals surface area contributed by atoms with Crippen molar-refractivity contribution < 1.29 is 14.3 Å². The van der Waals surface area contributed by atoms with Crippen LogP contribution in [-0.2, 0) is 6.54 Å². The van der Waals surface area contributed by atoms with Crippen molar-refractivity contribution in [1.29, 1.82) is 0 Å². The molecule has 1 aromatic carbocycles. The Morgan fingerprint density at radius 1 is 1.20 bits per heavy atom. The van der Waals surface area contributed by atoms with E-state index in [9.17, 15) is 19.1 Å². The number of hydrogen-bond donors (Lipinski definition) is 3. The molecule has 178 valence electrons. The van der Waals surface area contributed by atoms with Crippen LogP contribution in [-0.4, -0.2) is 51.7 Å². The minimum Gasteiger partial charge on any atom is -0.477 e.